The van der Waals surface area contributed by atoms with Gasteiger partial charge >= 0.3 is 6.09 Å². The normalized spacial score (nSPS) is 16.9. The molecule has 2 aromatic rings. The van der Waals surface area contributed by atoms with E-state index in [2.05, 4.69) is 9.88 Å². The van der Waals surface area contributed by atoms with Gasteiger partial charge in [0.15, 0.2) is 9.84 Å². The molecule has 9 heteroatoms. The van der Waals surface area contributed by atoms with Gasteiger partial charge in [0.1, 0.15) is 17.7 Å². The van der Waals surface area contributed by atoms with Gasteiger partial charge in [-0.2, -0.15) is 0 Å². The Morgan fingerprint density at radius 2 is 1.88 bits per heavy atom. The molecule has 0 atom stereocenters. The number of fused-ring (bicyclic) bond motifs is 1. The van der Waals surface area contributed by atoms with Crippen LogP contribution in [0.4, 0.5) is 16.3 Å². The Morgan fingerprint density at radius 3 is 2.56 bits per heavy atom. The summed E-state index contributed by atoms with van der Waals surface area (Å²) in [5, 5.41) is 0. The molecule has 3 heterocycles. The molecule has 0 N–H and O–H groups in total. The molecule has 2 aliphatic heterocycles. The fourth-order valence-electron chi connectivity index (χ4n) is 4.09. The van der Waals surface area contributed by atoms with E-state index in [1.54, 1.807) is 23.2 Å². The minimum Gasteiger partial charge on any atom is -0.490 e. The van der Waals surface area contributed by atoms with Gasteiger partial charge in [-0.3, -0.25) is 0 Å². The predicted octanol–water partition coefficient (Wildman–Crippen LogP) is 3.57. The van der Waals surface area contributed by atoms with E-state index in [0.717, 1.165) is 48.6 Å². The van der Waals surface area contributed by atoms with Gasteiger partial charge in [-0.15, -0.1) is 0 Å². The fourth-order valence-corrected chi connectivity index (χ4v) is 4.76. The van der Waals surface area contributed by atoms with Crippen molar-refractivity contribution in [3.8, 4) is 5.75 Å². The lowest BCUT2D eigenvalue weighted by molar-refractivity contribution is 0.0517. The first-order valence-corrected chi connectivity index (χ1v) is 12.8. The summed E-state index contributed by atoms with van der Waals surface area (Å²) in [6.45, 7) is 5.64. The molecule has 4 rings (SSSR count). The largest absolute Gasteiger partial charge is 0.490 e. The van der Waals surface area contributed by atoms with Crippen LogP contribution in [0.1, 0.15) is 32.3 Å². The van der Waals surface area contributed by atoms with Gasteiger partial charge in [0.2, 0.25) is 0 Å². The zero-order valence-corrected chi connectivity index (χ0v) is 19.5. The van der Waals surface area contributed by atoms with Crippen molar-refractivity contribution in [3.05, 3.63) is 42.1 Å². The lowest BCUT2D eigenvalue weighted by Crippen LogP contribution is -2.42. The zero-order chi connectivity index (χ0) is 22.9. The molecule has 32 heavy (non-hydrogen) atoms. The minimum atomic E-state index is -3.23. The predicted molar refractivity (Wildman–Crippen MR) is 121 cm³/mol. The number of pyridine rings is 1. The number of amides is 1. The standard InChI is InChI=1S/C23H29N3O5S/c1-16(2)30-23(27)25-11-8-18(9-12-25)31-19-6-10-24-22(15-19)26-13-7-17-14-20(32(3,28)29)4-5-21(17)26/h4-6,10,14-16,18H,7-9,11-13H2,1-3H3. The number of hydrogen-bond acceptors (Lipinski definition) is 7. The molecule has 0 bridgehead atoms. The Kier molecular flexibility index (Phi) is 6.28. The highest BCUT2D eigenvalue weighted by atomic mass is 32.2. The Morgan fingerprint density at radius 1 is 1.12 bits per heavy atom. The second-order valence-electron chi connectivity index (χ2n) is 8.55. The molecule has 1 aromatic carbocycles. The first-order valence-electron chi connectivity index (χ1n) is 10.9. The molecule has 2 aliphatic rings. The number of likely N-dealkylation sites (tertiary alicyclic amines) is 1. The summed E-state index contributed by atoms with van der Waals surface area (Å²) in [5.74, 6) is 1.51. The van der Waals surface area contributed by atoms with E-state index < -0.39 is 9.84 Å². The topological polar surface area (TPSA) is 89.0 Å². The SMILES string of the molecule is CC(C)OC(=O)N1CCC(Oc2ccnc(N3CCc4cc(S(C)(=O)=O)ccc43)c2)CC1. The van der Waals surface area contributed by atoms with Crippen LogP contribution in [0.3, 0.4) is 0 Å². The number of ether oxygens (including phenoxy) is 2. The third kappa shape index (κ3) is 4.98. The Hall–Kier alpha value is -2.81. The third-order valence-electron chi connectivity index (χ3n) is 5.71. The van der Waals surface area contributed by atoms with Crippen LogP contribution < -0.4 is 9.64 Å². The number of sulfone groups is 1. The molecule has 1 fully saturated rings. The number of anilines is 2. The molecule has 0 unspecified atom stereocenters. The van der Waals surface area contributed by atoms with Gasteiger partial charge in [-0.05, 0) is 50.1 Å². The van der Waals surface area contributed by atoms with Crippen LogP contribution >= 0.6 is 0 Å². The smallest absolute Gasteiger partial charge is 0.410 e. The summed E-state index contributed by atoms with van der Waals surface area (Å²) < 4.78 is 35.2. The molecule has 172 valence electrons. The van der Waals surface area contributed by atoms with Crippen molar-refractivity contribution in [2.24, 2.45) is 0 Å². The first-order chi connectivity index (χ1) is 15.2. The maximum Gasteiger partial charge on any atom is 0.410 e. The van der Waals surface area contributed by atoms with Gasteiger partial charge in [0.25, 0.3) is 0 Å². The third-order valence-corrected chi connectivity index (χ3v) is 6.82. The maximum atomic E-state index is 12.1. The summed E-state index contributed by atoms with van der Waals surface area (Å²) in [6.07, 6.45) is 4.83. The second-order valence-corrected chi connectivity index (χ2v) is 10.6. The fraction of sp³-hybridized carbons (Fsp3) is 0.478. The van der Waals surface area contributed by atoms with E-state index in [0.29, 0.717) is 18.0 Å². The molecule has 1 amide bonds. The number of rotatable bonds is 5. The highest BCUT2D eigenvalue weighted by Crippen LogP contribution is 2.36. The monoisotopic (exact) mass is 459 g/mol. The van der Waals surface area contributed by atoms with Crippen molar-refractivity contribution in [3.63, 3.8) is 0 Å². The summed E-state index contributed by atoms with van der Waals surface area (Å²) in [5.41, 5.74) is 1.97. The lowest BCUT2D eigenvalue weighted by Gasteiger charge is -2.32. The quantitative estimate of drug-likeness (QED) is 0.675. The minimum absolute atomic E-state index is 0.0246. The molecule has 0 radical (unpaired) electrons. The number of benzene rings is 1. The Balaban J connectivity index is 1.41. The van der Waals surface area contributed by atoms with Crippen LogP contribution in [-0.4, -0.2) is 62.5 Å². The van der Waals surface area contributed by atoms with Crippen molar-refractivity contribution in [1.82, 2.24) is 9.88 Å². The first kappa shape index (κ1) is 22.4. The number of carbonyl (C=O) groups is 1. The molecule has 0 aliphatic carbocycles. The highest BCUT2D eigenvalue weighted by Gasteiger charge is 2.27. The van der Waals surface area contributed by atoms with Crippen molar-refractivity contribution < 1.29 is 22.7 Å². The highest BCUT2D eigenvalue weighted by molar-refractivity contribution is 7.90. The number of nitrogens with zero attached hydrogens (tertiary/aromatic N) is 3. The van der Waals surface area contributed by atoms with E-state index in [4.69, 9.17) is 9.47 Å². The molecule has 0 spiro atoms. The summed E-state index contributed by atoms with van der Waals surface area (Å²) in [6, 6.07) is 9.00. The van der Waals surface area contributed by atoms with Crippen molar-refractivity contribution in [2.45, 2.75) is 50.2 Å². The number of aromatic nitrogens is 1. The van der Waals surface area contributed by atoms with E-state index in [9.17, 15) is 13.2 Å². The van der Waals surface area contributed by atoms with Gasteiger partial charge in [0.05, 0.1) is 11.0 Å². The zero-order valence-electron chi connectivity index (χ0n) is 18.7. The van der Waals surface area contributed by atoms with E-state index in [-0.39, 0.29) is 18.3 Å². The van der Waals surface area contributed by atoms with Crippen LogP contribution in [0.5, 0.6) is 5.75 Å². The molecular weight excluding hydrogens is 430 g/mol. The number of piperidine rings is 1. The van der Waals surface area contributed by atoms with Crippen LogP contribution in [0.15, 0.2) is 41.4 Å². The molecule has 1 saturated heterocycles. The van der Waals surface area contributed by atoms with E-state index in [1.807, 2.05) is 32.0 Å². The maximum absolute atomic E-state index is 12.1. The van der Waals surface area contributed by atoms with Gasteiger partial charge < -0.3 is 19.3 Å². The van der Waals surface area contributed by atoms with Crippen LogP contribution in [0.2, 0.25) is 0 Å². The van der Waals surface area contributed by atoms with Crippen molar-refractivity contribution >= 4 is 27.4 Å². The number of hydrogen-bond donors (Lipinski definition) is 0. The van der Waals surface area contributed by atoms with E-state index in [1.165, 1.54) is 6.26 Å². The summed E-state index contributed by atoms with van der Waals surface area (Å²) >= 11 is 0. The van der Waals surface area contributed by atoms with E-state index >= 15 is 0 Å². The average molecular weight is 460 g/mol. The van der Waals surface area contributed by atoms with Crippen molar-refractivity contribution in [1.29, 1.82) is 0 Å². The molecule has 8 nitrogen and oxygen atoms in total. The van der Waals surface area contributed by atoms with Crippen LogP contribution in [0, 0.1) is 0 Å². The molecule has 1 aromatic heterocycles. The average Bonchev–Trinajstić information content (AvgIpc) is 3.17. The van der Waals surface area contributed by atoms with Crippen molar-refractivity contribution in [2.75, 3.05) is 30.8 Å². The van der Waals surface area contributed by atoms with Gasteiger partial charge in [0, 0.05) is 56.7 Å². The van der Waals surface area contributed by atoms with Crippen LogP contribution in [-0.2, 0) is 21.0 Å². The molecular formula is C23H29N3O5S. The lowest BCUT2D eigenvalue weighted by atomic mass is 10.1. The van der Waals surface area contributed by atoms with Gasteiger partial charge in [-0.25, -0.2) is 18.2 Å². The van der Waals surface area contributed by atoms with Gasteiger partial charge in [-0.1, -0.05) is 0 Å². The molecule has 0 saturated carbocycles. The number of carbonyl (C=O) groups excluding carboxylic acids is 1. The second kappa shape index (κ2) is 8.97. The summed E-state index contributed by atoms with van der Waals surface area (Å²) in [4.78, 5) is 20.7. The Labute approximate surface area is 189 Å². The van der Waals surface area contributed by atoms with Crippen LogP contribution in [0.25, 0.3) is 0 Å². The summed E-state index contributed by atoms with van der Waals surface area (Å²) in [7, 11) is -3.23. The Bertz CT molecular complexity index is 1090.